The van der Waals surface area contributed by atoms with E-state index in [-0.39, 0.29) is 0 Å². The third-order valence-electron chi connectivity index (χ3n) is 3.86. The van der Waals surface area contributed by atoms with Crippen LogP contribution in [0.1, 0.15) is 16.1 Å². The Bertz CT molecular complexity index is 944. The number of fused-ring (bicyclic) bond motifs is 2. The van der Waals surface area contributed by atoms with Gasteiger partial charge in [-0.2, -0.15) is 0 Å². The fourth-order valence-electron chi connectivity index (χ4n) is 2.80. The maximum Gasteiger partial charge on any atom is 0.167 e. The molecular formula is C18H13NOS. The quantitative estimate of drug-likeness (QED) is 0.479. The van der Waals surface area contributed by atoms with Crippen molar-refractivity contribution >= 4 is 33.2 Å². The Labute approximate surface area is 126 Å². The first-order valence-corrected chi connectivity index (χ1v) is 7.64. The van der Waals surface area contributed by atoms with Crippen LogP contribution in [0.3, 0.4) is 0 Å². The highest BCUT2D eigenvalue weighted by atomic mass is 32.1. The van der Waals surface area contributed by atoms with Gasteiger partial charge in [-0.3, -0.25) is 4.79 Å². The van der Waals surface area contributed by atoms with Gasteiger partial charge in [-0.05, 0) is 42.1 Å². The fourth-order valence-corrected chi connectivity index (χ4v) is 3.88. The molecule has 4 rings (SSSR count). The number of aryl methyl sites for hydroxylation is 1. The molecule has 3 heterocycles. The Morgan fingerprint density at radius 2 is 1.95 bits per heavy atom. The van der Waals surface area contributed by atoms with E-state index in [1.165, 1.54) is 15.6 Å². The second-order valence-electron chi connectivity index (χ2n) is 5.16. The van der Waals surface area contributed by atoms with E-state index in [1.807, 2.05) is 28.8 Å². The zero-order chi connectivity index (χ0) is 14.4. The van der Waals surface area contributed by atoms with Crippen LogP contribution in [0.25, 0.3) is 26.0 Å². The Morgan fingerprint density at radius 3 is 2.76 bits per heavy atom. The van der Waals surface area contributed by atoms with E-state index in [4.69, 9.17) is 0 Å². The van der Waals surface area contributed by atoms with Crippen molar-refractivity contribution in [3.8, 4) is 10.4 Å². The van der Waals surface area contributed by atoms with Crippen molar-refractivity contribution in [1.82, 2.24) is 4.40 Å². The monoisotopic (exact) mass is 291 g/mol. The van der Waals surface area contributed by atoms with Gasteiger partial charge in [0, 0.05) is 26.9 Å². The summed E-state index contributed by atoms with van der Waals surface area (Å²) in [6.07, 6.45) is 2.90. The van der Waals surface area contributed by atoms with Crippen molar-refractivity contribution in [3.63, 3.8) is 0 Å². The van der Waals surface area contributed by atoms with Crippen LogP contribution < -0.4 is 0 Å². The molecule has 0 unspecified atom stereocenters. The van der Waals surface area contributed by atoms with E-state index in [0.29, 0.717) is 0 Å². The van der Waals surface area contributed by atoms with E-state index >= 15 is 0 Å². The van der Waals surface area contributed by atoms with Crippen LogP contribution in [-0.4, -0.2) is 10.7 Å². The molecule has 0 aliphatic rings. The number of nitrogens with zero attached hydrogens (tertiary/aromatic N) is 1. The average Bonchev–Trinajstić information content (AvgIpc) is 3.08. The number of carbonyl (C=O) groups excluding carboxylic acids is 1. The summed E-state index contributed by atoms with van der Waals surface area (Å²) in [6, 6.07) is 16.6. The summed E-state index contributed by atoms with van der Waals surface area (Å²) >= 11 is 1.73. The Balaban J connectivity index is 2.05. The van der Waals surface area contributed by atoms with Gasteiger partial charge in [0.15, 0.2) is 6.29 Å². The molecule has 0 saturated carbocycles. The molecule has 0 aliphatic carbocycles. The molecule has 1 aromatic carbocycles. The van der Waals surface area contributed by atoms with Crippen molar-refractivity contribution in [1.29, 1.82) is 0 Å². The Hall–Kier alpha value is -2.39. The summed E-state index contributed by atoms with van der Waals surface area (Å²) in [6.45, 7) is 2.07. The highest BCUT2D eigenvalue weighted by molar-refractivity contribution is 7.22. The minimum atomic E-state index is 0.722. The van der Waals surface area contributed by atoms with Crippen LogP contribution >= 0.6 is 11.3 Å². The second-order valence-corrected chi connectivity index (χ2v) is 6.24. The van der Waals surface area contributed by atoms with Crippen molar-refractivity contribution < 1.29 is 4.79 Å². The van der Waals surface area contributed by atoms with Gasteiger partial charge in [-0.25, -0.2) is 0 Å². The zero-order valence-corrected chi connectivity index (χ0v) is 12.4. The van der Waals surface area contributed by atoms with Crippen LogP contribution in [0.15, 0.2) is 54.7 Å². The molecule has 0 spiro atoms. The van der Waals surface area contributed by atoms with Gasteiger partial charge in [0.05, 0.1) is 5.69 Å². The first-order valence-electron chi connectivity index (χ1n) is 6.83. The van der Waals surface area contributed by atoms with Crippen molar-refractivity contribution in [2.75, 3.05) is 0 Å². The van der Waals surface area contributed by atoms with Gasteiger partial charge < -0.3 is 4.40 Å². The number of pyridine rings is 1. The minimum absolute atomic E-state index is 0.722. The molecular weight excluding hydrogens is 278 g/mol. The van der Waals surface area contributed by atoms with Crippen LogP contribution in [0.2, 0.25) is 0 Å². The lowest BCUT2D eigenvalue weighted by atomic mass is 10.1. The number of hydrogen-bond acceptors (Lipinski definition) is 2. The molecule has 21 heavy (non-hydrogen) atoms. The van der Waals surface area contributed by atoms with Crippen LogP contribution in [0.4, 0.5) is 0 Å². The van der Waals surface area contributed by atoms with Crippen LogP contribution in [0, 0.1) is 6.92 Å². The highest BCUT2D eigenvalue weighted by Crippen LogP contribution is 2.36. The molecule has 4 aromatic rings. The summed E-state index contributed by atoms with van der Waals surface area (Å²) in [5, 5.41) is 1.22. The van der Waals surface area contributed by atoms with Gasteiger partial charge in [-0.1, -0.05) is 24.3 Å². The van der Waals surface area contributed by atoms with Crippen LogP contribution in [0.5, 0.6) is 0 Å². The van der Waals surface area contributed by atoms with Crippen LogP contribution in [-0.2, 0) is 0 Å². The van der Waals surface area contributed by atoms with Crippen molar-refractivity contribution in [2.45, 2.75) is 6.92 Å². The van der Waals surface area contributed by atoms with Gasteiger partial charge >= 0.3 is 0 Å². The normalized spacial score (nSPS) is 11.3. The number of aldehydes is 1. The number of benzene rings is 1. The maximum absolute atomic E-state index is 11.6. The largest absolute Gasteiger partial charge is 0.313 e. The molecule has 0 bridgehead atoms. The van der Waals surface area contributed by atoms with E-state index < -0.39 is 0 Å². The maximum atomic E-state index is 11.6. The fraction of sp³-hybridized carbons (Fsp3) is 0.0556. The lowest BCUT2D eigenvalue weighted by Gasteiger charge is -1.99. The topological polar surface area (TPSA) is 21.5 Å². The molecule has 0 atom stereocenters. The van der Waals surface area contributed by atoms with E-state index in [2.05, 4.69) is 37.3 Å². The number of rotatable bonds is 2. The second kappa shape index (κ2) is 4.57. The molecule has 102 valence electrons. The van der Waals surface area contributed by atoms with E-state index in [0.717, 1.165) is 27.9 Å². The Kier molecular flexibility index (Phi) is 2.69. The smallest absolute Gasteiger partial charge is 0.167 e. The zero-order valence-electron chi connectivity index (χ0n) is 11.5. The molecule has 0 aliphatic heterocycles. The summed E-state index contributed by atoms with van der Waals surface area (Å²) in [7, 11) is 0. The van der Waals surface area contributed by atoms with E-state index in [9.17, 15) is 4.79 Å². The summed E-state index contributed by atoms with van der Waals surface area (Å²) in [5.41, 5.74) is 4.00. The molecule has 3 heteroatoms. The number of hydrogen-bond donors (Lipinski definition) is 0. The summed E-state index contributed by atoms with van der Waals surface area (Å²) < 4.78 is 3.22. The lowest BCUT2D eigenvalue weighted by molar-refractivity contribution is 0.111. The number of carbonyl (C=O) groups is 1. The van der Waals surface area contributed by atoms with Gasteiger partial charge in [0.25, 0.3) is 0 Å². The third kappa shape index (κ3) is 1.82. The van der Waals surface area contributed by atoms with Gasteiger partial charge in [-0.15, -0.1) is 11.3 Å². The first-order chi connectivity index (χ1) is 10.3. The van der Waals surface area contributed by atoms with Crippen molar-refractivity contribution in [2.24, 2.45) is 0 Å². The number of thiophene rings is 1. The third-order valence-corrected chi connectivity index (χ3v) is 5.01. The standard InChI is InChI=1S/C18H13NOS/c1-12-5-4-8-19-15(12)10-14(16(19)11-20)18-9-13-6-2-3-7-17(13)21-18/h2-11H,1H3. The van der Waals surface area contributed by atoms with Crippen molar-refractivity contribution in [3.05, 3.63) is 66.0 Å². The molecule has 2 nitrogen and oxygen atoms in total. The summed E-state index contributed by atoms with van der Waals surface area (Å²) in [5.74, 6) is 0. The first kappa shape index (κ1) is 12.4. The predicted molar refractivity (Wildman–Crippen MR) is 88.3 cm³/mol. The molecule has 0 radical (unpaired) electrons. The Morgan fingerprint density at radius 1 is 1.10 bits per heavy atom. The highest BCUT2D eigenvalue weighted by Gasteiger charge is 2.14. The summed E-state index contributed by atoms with van der Waals surface area (Å²) in [4.78, 5) is 12.7. The number of aromatic nitrogens is 1. The van der Waals surface area contributed by atoms with Gasteiger partial charge in [0.2, 0.25) is 0 Å². The molecule has 0 amide bonds. The molecule has 0 saturated heterocycles. The predicted octanol–water partition coefficient (Wildman–Crippen LogP) is 4.94. The molecule has 0 fully saturated rings. The van der Waals surface area contributed by atoms with Gasteiger partial charge in [0.1, 0.15) is 0 Å². The average molecular weight is 291 g/mol. The molecule has 0 N–H and O–H groups in total. The van der Waals surface area contributed by atoms with E-state index in [1.54, 1.807) is 11.3 Å². The minimum Gasteiger partial charge on any atom is -0.313 e. The molecule has 3 aromatic heterocycles. The SMILES string of the molecule is Cc1cccn2c(C=O)c(-c3cc4ccccc4s3)cc12. The lowest BCUT2D eigenvalue weighted by Crippen LogP contribution is -1.92.